The second kappa shape index (κ2) is 6.09. The lowest BCUT2D eigenvalue weighted by Crippen LogP contribution is -2.29. The van der Waals surface area contributed by atoms with Gasteiger partial charge >= 0.3 is 0 Å². The molecule has 0 unspecified atom stereocenters. The molecule has 1 aliphatic rings. The Hall–Kier alpha value is -2.26. The minimum Gasteiger partial charge on any atom is -0.508 e. The van der Waals surface area contributed by atoms with Gasteiger partial charge in [0, 0.05) is 17.5 Å². The number of hydrogen-bond acceptors (Lipinski definition) is 3. The van der Waals surface area contributed by atoms with Crippen LogP contribution in [0.4, 0.5) is 0 Å². The summed E-state index contributed by atoms with van der Waals surface area (Å²) in [5, 5.41) is 21.4. The molecule has 3 heteroatoms. The molecule has 0 bridgehead atoms. The van der Waals surface area contributed by atoms with Crippen LogP contribution in [0.25, 0.3) is 0 Å². The number of aromatic hydroxyl groups is 1. The number of aliphatic hydroxyl groups excluding tert-OH is 1. The Labute approximate surface area is 136 Å². The van der Waals surface area contributed by atoms with Gasteiger partial charge in [-0.05, 0) is 36.5 Å². The van der Waals surface area contributed by atoms with Crippen LogP contribution in [0.3, 0.4) is 0 Å². The fourth-order valence-corrected chi connectivity index (χ4v) is 3.59. The molecule has 3 nitrogen and oxygen atoms in total. The van der Waals surface area contributed by atoms with Crippen molar-refractivity contribution in [3.63, 3.8) is 0 Å². The molecule has 0 saturated carbocycles. The van der Waals surface area contributed by atoms with Crippen molar-refractivity contribution in [2.24, 2.45) is 5.92 Å². The molecular formula is C20H22O3. The molecule has 0 aromatic heterocycles. The number of hydrogen-bond donors (Lipinski definition) is 2. The van der Waals surface area contributed by atoms with Gasteiger partial charge in [-0.2, -0.15) is 0 Å². The Bertz CT molecular complexity index is 721. The van der Waals surface area contributed by atoms with Gasteiger partial charge in [-0.3, -0.25) is 0 Å². The molecule has 0 heterocycles. The summed E-state index contributed by atoms with van der Waals surface area (Å²) in [6.45, 7) is 6.09. The fraction of sp³-hybridized carbons (Fsp3) is 0.300. The molecule has 0 spiro atoms. The molecular weight excluding hydrogens is 288 g/mol. The van der Waals surface area contributed by atoms with E-state index >= 15 is 0 Å². The monoisotopic (exact) mass is 310 g/mol. The Morgan fingerprint density at radius 1 is 1.22 bits per heavy atom. The van der Waals surface area contributed by atoms with Gasteiger partial charge in [0.15, 0.2) is 0 Å². The predicted octanol–water partition coefficient (Wildman–Crippen LogP) is 3.97. The normalized spacial score (nSPS) is 23.2. The summed E-state index contributed by atoms with van der Waals surface area (Å²) in [6.07, 6.45) is -0.0410. The van der Waals surface area contributed by atoms with Crippen molar-refractivity contribution in [2.75, 3.05) is 7.11 Å². The molecule has 0 fully saturated rings. The smallest absolute Gasteiger partial charge is 0.122 e. The lowest BCUT2D eigenvalue weighted by atomic mass is 9.68. The Morgan fingerprint density at radius 2 is 1.91 bits per heavy atom. The molecule has 3 rings (SSSR count). The first-order chi connectivity index (χ1) is 11.0. The third-order valence-corrected chi connectivity index (χ3v) is 4.80. The van der Waals surface area contributed by atoms with Gasteiger partial charge in [-0.1, -0.05) is 42.5 Å². The minimum absolute atomic E-state index is 0.0762. The zero-order chi connectivity index (χ0) is 16.6. The second-order valence-electron chi connectivity index (χ2n) is 6.25. The highest BCUT2D eigenvalue weighted by molar-refractivity contribution is 5.50. The summed E-state index contributed by atoms with van der Waals surface area (Å²) in [4.78, 5) is 0. The molecule has 0 amide bonds. The van der Waals surface area contributed by atoms with Crippen LogP contribution in [0.15, 0.2) is 54.6 Å². The summed E-state index contributed by atoms with van der Waals surface area (Å²) in [7, 11) is 1.56. The lowest BCUT2D eigenvalue weighted by Gasteiger charge is -2.38. The first-order valence-corrected chi connectivity index (χ1v) is 7.81. The highest BCUT2D eigenvalue weighted by Gasteiger charge is 2.38. The fourth-order valence-electron chi connectivity index (χ4n) is 3.59. The maximum absolute atomic E-state index is 11.0. The van der Waals surface area contributed by atoms with Crippen LogP contribution < -0.4 is 4.74 Å². The topological polar surface area (TPSA) is 49.7 Å². The Balaban J connectivity index is 2.14. The summed E-state index contributed by atoms with van der Waals surface area (Å²) in [5.74, 6) is 0.740. The van der Waals surface area contributed by atoms with Crippen LogP contribution >= 0.6 is 0 Å². The van der Waals surface area contributed by atoms with Gasteiger partial charge in [-0.15, -0.1) is 0 Å². The van der Waals surface area contributed by atoms with Crippen molar-refractivity contribution in [3.8, 4) is 11.5 Å². The number of methoxy groups -OCH3 is 1. The highest BCUT2D eigenvalue weighted by atomic mass is 16.5. The van der Waals surface area contributed by atoms with Gasteiger partial charge < -0.3 is 14.9 Å². The Kier molecular flexibility index (Phi) is 4.14. The first-order valence-electron chi connectivity index (χ1n) is 7.81. The van der Waals surface area contributed by atoms with Crippen LogP contribution in [0, 0.1) is 5.92 Å². The van der Waals surface area contributed by atoms with Gasteiger partial charge in [-0.25, -0.2) is 0 Å². The number of allylic oxidation sites excluding steroid dienone is 1. The molecule has 23 heavy (non-hydrogen) atoms. The summed E-state index contributed by atoms with van der Waals surface area (Å²) in [5.41, 5.74) is 3.63. The van der Waals surface area contributed by atoms with Crippen molar-refractivity contribution in [2.45, 2.75) is 25.4 Å². The van der Waals surface area contributed by atoms with E-state index in [2.05, 4.69) is 6.58 Å². The van der Waals surface area contributed by atoms with E-state index in [9.17, 15) is 10.2 Å². The van der Waals surface area contributed by atoms with E-state index in [1.807, 2.05) is 43.3 Å². The molecule has 2 aromatic rings. The molecule has 2 aromatic carbocycles. The molecule has 0 saturated heterocycles. The number of fused-ring (bicyclic) bond motifs is 1. The summed E-state index contributed by atoms with van der Waals surface area (Å²) in [6, 6.07) is 13.4. The third-order valence-electron chi connectivity index (χ3n) is 4.80. The molecule has 2 N–H and O–H groups in total. The molecule has 1 aliphatic carbocycles. The average molecular weight is 310 g/mol. The highest BCUT2D eigenvalue weighted by Crippen LogP contribution is 2.49. The van der Waals surface area contributed by atoms with E-state index in [1.54, 1.807) is 13.2 Å². The maximum Gasteiger partial charge on any atom is 0.122 e. The van der Waals surface area contributed by atoms with Crippen molar-refractivity contribution < 1.29 is 14.9 Å². The van der Waals surface area contributed by atoms with E-state index in [0.29, 0.717) is 12.2 Å². The van der Waals surface area contributed by atoms with Crippen LogP contribution in [0.5, 0.6) is 11.5 Å². The van der Waals surface area contributed by atoms with Crippen LogP contribution in [0.1, 0.15) is 35.6 Å². The van der Waals surface area contributed by atoms with Crippen molar-refractivity contribution in [3.05, 3.63) is 71.3 Å². The summed E-state index contributed by atoms with van der Waals surface area (Å²) < 4.78 is 5.24. The van der Waals surface area contributed by atoms with Crippen molar-refractivity contribution >= 4 is 0 Å². The number of benzene rings is 2. The first kappa shape index (κ1) is 15.6. The van der Waals surface area contributed by atoms with Crippen molar-refractivity contribution in [1.82, 2.24) is 0 Å². The molecule has 3 atom stereocenters. The SMILES string of the molecule is C=C(C)[C@@H]1Cc2c(O)cc(OC)cc2[C@@H](O)[C@@H]1c1ccccc1. The Morgan fingerprint density at radius 3 is 2.52 bits per heavy atom. The maximum atomic E-state index is 11.0. The number of phenolic OH excluding ortho intramolecular Hbond substituents is 1. The number of ether oxygens (including phenoxy) is 1. The molecule has 120 valence electrons. The van der Waals surface area contributed by atoms with Crippen LogP contribution in [-0.2, 0) is 6.42 Å². The minimum atomic E-state index is -0.705. The number of phenols is 1. The second-order valence-corrected chi connectivity index (χ2v) is 6.25. The van der Waals surface area contributed by atoms with E-state index in [1.165, 1.54) is 0 Å². The largest absolute Gasteiger partial charge is 0.508 e. The number of aliphatic hydroxyl groups is 1. The lowest BCUT2D eigenvalue weighted by molar-refractivity contribution is 0.110. The van der Waals surface area contributed by atoms with Gasteiger partial charge in [0.2, 0.25) is 0 Å². The van der Waals surface area contributed by atoms with Gasteiger partial charge in [0.05, 0.1) is 13.2 Å². The van der Waals surface area contributed by atoms with E-state index in [-0.39, 0.29) is 17.6 Å². The zero-order valence-electron chi connectivity index (χ0n) is 13.5. The van der Waals surface area contributed by atoms with E-state index in [4.69, 9.17) is 4.74 Å². The van der Waals surface area contributed by atoms with E-state index < -0.39 is 6.10 Å². The van der Waals surface area contributed by atoms with Gasteiger partial charge in [0.1, 0.15) is 11.5 Å². The summed E-state index contributed by atoms with van der Waals surface area (Å²) >= 11 is 0. The zero-order valence-corrected chi connectivity index (χ0v) is 13.5. The molecule has 0 radical (unpaired) electrons. The van der Waals surface area contributed by atoms with E-state index in [0.717, 1.165) is 22.3 Å². The van der Waals surface area contributed by atoms with Crippen LogP contribution in [-0.4, -0.2) is 17.3 Å². The van der Waals surface area contributed by atoms with Crippen molar-refractivity contribution in [1.29, 1.82) is 0 Å². The molecule has 0 aliphatic heterocycles. The quantitative estimate of drug-likeness (QED) is 0.844. The van der Waals surface area contributed by atoms with Gasteiger partial charge in [0.25, 0.3) is 0 Å². The number of rotatable bonds is 3. The average Bonchev–Trinajstić information content (AvgIpc) is 2.55. The third kappa shape index (κ3) is 2.73. The standard InChI is InChI=1S/C20H22O3/c1-12(2)15-11-16-17(9-14(23-3)10-18(16)21)20(22)19(15)13-7-5-4-6-8-13/h4-10,15,19-22H,1,11H2,2-3H3/t15-,19+,20+/m0/s1. The van der Waals surface area contributed by atoms with Crippen LogP contribution in [0.2, 0.25) is 0 Å². The predicted molar refractivity (Wildman–Crippen MR) is 90.8 cm³/mol.